The third-order valence-electron chi connectivity index (χ3n) is 4.28. The van der Waals surface area contributed by atoms with Crippen molar-refractivity contribution in [1.29, 1.82) is 0 Å². The van der Waals surface area contributed by atoms with E-state index in [1.165, 1.54) is 0 Å². The molecule has 29 heavy (non-hydrogen) atoms. The first-order valence-electron chi connectivity index (χ1n) is 9.10. The van der Waals surface area contributed by atoms with Crippen LogP contribution < -0.4 is 20.7 Å². The van der Waals surface area contributed by atoms with Crippen LogP contribution in [0.3, 0.4) is 0 Å². The molecule has 0 atom stereocenters. The van der Waals surface area contributed by atoms with Crippen LogP contribution in [0.5, 0.6) is 11.5 Å². The molecule has 0 bridgehead atoms. The van der Waals surface area contributed by atoms with Gasteiger partial charge in [0.2, 0.25) is 0 Å². The lowest BCUT2D eigenvalue weighted by Crippen LogP contribution is -2.30. The van der Waals surface area contributed by atoms with Crippen LogP contribution in [0.1, 0.15) is 26.7 Å². The standard InChI is InChI=1S/C20H21Cl2N3O4/c1-3-16-17(4-2)29-24-25(16)13-6-8-18(14(22)10-13)28-19-9-12(21)5-7-15(19)23-11-20(26)27/h5-10,23-24H,3-4,11H2,1-2H3,(H,26,27). The average molecular weight is 438 g/mol. The number of hydrogen-bond acceptors (Lipinski definition) is 6. The Bertz CT molecular complexity index is 949. The third kappa shape index (κ3) is 4.87. The van der Waals surface area contributed by atoms with Gasteiger partial charge >= 0.3 is 5.97 Å². The van der Waals surface area contributed by atoms with Crippen LogP contribution in [-0.2, 0) is 9.63 Å². The van der Waals surface area contributed by atoms with Gasteiger partial charge in [-0.15, -0.1) is 0 Å². The topological polar surface area (TPSA) is 83.1 Å². The maximum absolute atomic E-state index is 10.8. The molecule has 0 spiro atoms. The predicted octanol–water partition coefficient (Wildman–Crippen LogP) is 5.57. The van der Waals surface area contributed by atoms with Gasteiger partial charge in [0.25, 0.3) is 0 Å². The molecule has 0 aliphatic carbocycles. The number of nitrogens with zero attached hydrogens (tertiary/aromatic N) is 1. The smallest absolute Gasteiger partial charge is 0.322 e. The number of benzene rings is 2. The van der Waals surface area contributed by atoms with E-state index >= 15 is 0 Å². The number of allylic oxidation sites excluding steroid dienone is 2. The Hall–Kier alpha value is -2.61. The number of halogens is 2. The molecule has 0 aromatic heterocycles. The second-order valence-corrected chi connectivity index (χ2v) is 7.05. The lowest BCUT2D eigenvalue weighted by Gasteiger charge is -2.20. The Kier molecular flexibility index (Phi) is 6.74. The molecule has 154 valence electrons. The predicted molar refractivity (Wildman–Crippen MR) is 113 cm³/mol. The Morgan fingerprint density at radius 2 is 1.97 bits per heavy atom. The maximum Gasteiger partial charge on any atom is 0.322 e. The van der Waals surface area contributed by atoms with Crippen molar-refractivity contribution >= 4 is 40.5 Å². The van der Waals surface area contributed by atoms with Gasteiger partial charge in [0.05, 0.1) is 22.1 Å². The maximum atomic E-state index is 10.8. The van der Waals surface area contributed by atoms with Crippen molar-refractivity contribution < 1.29 is 19.5 Å². The number of nitrogens with one attached hydrogen (secondary N) is 2. The van der Waals surface area contributed by atoms with Crippen LogP contribution in [-0.4, -0.2) is 17.6 Å². The summed E-state index contributed by atoms with van der Waals surface area (Å²) in [5.74, 6) is 0.684. The second kappa shape index (κ2) is 9.26. The number of ether oxygens (including phenoxy) is 1. The fourth-order valence-electron chi connectivity index (χ4n) is 2.91. The van der Waals surface area contributed by atoms with Crippen molar-refractivity contribution in [2.24, 2.45) is 0 Å². The zero-order valence-corrected chi connectivity index (χ0v) is 17.5. The molecule has 0 unspecified atom stereocenters. The summed E-state index contributed by atoms with van der Waals surface area (Å²) in [6, 6.07) is 10.2. The zero-order valence-electron chi connectivity index (χ0n) is 16.0. The van der Waals surface area contributed by atoms with E-state index in [0.29, 0.717) is 27.2 Å². The molecule has 0 saturated heterocycles. The molecule has 0 amide bonds. The van der Waals surface area contributed by atoms with Gasteiger partial charge in [-0.2, -0.15) is 0 Å². The highest BCUT2D eigenvalue weighted by molar-refractivity contribution is 6.32. The van der Waals surface area contributed by atoms with Crippen LogP contribution in [0.2, 0.25) is 10.0 Å². The molecule has 0 radical (unpaired) electrons. The zero-order chi connectivity index (χ0) is 21.0. The highest BCUT2D eigenvalue weighted by atomic mass is 35.5. The van der Waals surface area contributed by atoms with E-state index in [0.717, 1.165) is 30.0 Å². The van der Waals surface area contributed by atoms with Gasteiger partial charge in [0, 0.05) is 17.5 Å². The Labute approximate surface area is 178 Å². The molecule has 1 aliphatic heterocycles. The fraction of sp³-hybridized carbons (Fsp3) is 0.250. The number of carboxylic acids is 1. The summed E-state index contributed by atoms with van der Waals surface area (Å²) in [4.78, 5) is 16.4. The first-order valence-corrected chi connectivity index (χ1v) is 9.85. The minimum absolute atomic E-state index is 0.253. The van der Waals surface area contributed by atoms with Crippen molar-refractivity contribution in [2.75, 3.05) is 16.9 Å². The van der Waals surface area contributed by atoms with Crippen molar-refractivity contribution in [3.8, 4) is 11.5 Å². The molecule has 1 aliphatic rings. The fourth-order valence-corrected chi connectivity index (χ4v) is 3.28. The Balaban J connectivity index is 1.84. The number of rotatable bonds is 8. The Morgan fingerprint density at radius 3 is 2.62 bits per heavy atom. The largest absolute Gasteiger partial charge is 0.480 e. The average Bonchev–Trinajstić information content (AvgIpc) is 3.11. The van der Waals surface area contributed by atoms with E-state index in [-0.39, 0.29) is 6.54 Å². The van der Waals surface area contributed by atoms with E-state index in [1.54, 1.807) is 30.3 Å². The lowest BCUT2D eigenvalue weighted by atomic mass is 10.2. The quantitative estimate of drug-likeness (QED) is 0.497. The number of aliphatic carboxylic acids is 1. The van der Waals surface area contributed by atoms with Gasteiger partial charge in [-0.05, 0) is 36.8 Å². The molecule has 3 N–H and O–H groups in total. The van der Waals surface area contributed by atoms with E-state index in [4.69, 9.17) is 37.9 Å². The van der Waals surface area contributed by atoms with Crippen molar-refractivity contribution in [3.05, 3.63) is 57.9 Å². The number of carboxylic acid groups (broad SMARTS) is 1. The molecule has 7 nitrogen and oxygen atoms in total. The van der Waals surface area contributed by atoms with Crippen molar-refractivity contribution in [1.82, 2.24) is 5.59 Å². The van der Waals surface area contributed by atoms with Gasteiger partial charge in [-0.25, -0.2) is 5.01 Å². The molecule has 1 heterocycles. The van der Waals surface area contributed by atoms with Crippen molar-refractivity contribution in [3.63, 3.8) is 0 Å². The molecule has 9 heteroatoms. The van der Waals surface area contributed by atoms with Crippen LogP contribution in [0.15, 0.2) is 47.9 Å². The van der Waals surface area contributed by atoms with Crippen LogP contribution in [0.4, 0.5) is 11.4 Å². The third-order valence-corrected chi connectivity index (χ3v) is 4.81. The van der Waals surface area contributed by atoms with Gasteiger partial charge in [-0.3, -0.25) is 4.79 Å². The van der Waals surface area contributed by atoms with Gasteiger partial charge < -0.3 is 20.0 Å². The summed E-state index contributed by atoms with van der Waals surface area (Å²) in [6.07, 6.45) is 1.58. The highest BCUT2D eigenvalue weighted by Crippen LogP contribution is 2.38. The van der Waals surface area contributed by atoms with Gasteiger partial charge in [0.15, 0.2) is 5.75 Å². The molecule has 2 aromatic rings. The highest BCUT2D eigenvalue weighted by Gasteiger charge is 2.24. The molecule has 2 aromatic carbocycles. The minimum Gasteiger partial charge on any atom is -0.480 e. The molecule has 0 fully saturated rings. The van der Waals surface area contributed by atoms with E-state index in [9.17, 15) is 4.79 Å². The van der Waals surface area contributed by atoms with Gasteiger partial charge in [0.1, 0.15) is 18.1 Å². The second-order valence-electron chi connectivity index (χ2n) is 6.21. The summed E-state index contributed by atoms with van der Waals surface area (Å²) in [5.41, 5.74) is 5.23. The van der Waals surface area contributed by atoms with E-state index < -0.39 is 5.97 Å². The number of hydrogen-bond donors (Lipinski definition) is 3. The molecular formula is C20H21Cl2N3O4. The molecular weight excluding hydrogens is 417 g/mol. The van der Waals surface area contributed by atoms with E-state index in [2.05, 4.69) is 17.8 Å². The van der Waals surface area contributed by atoms with E-state index in [1.807, 2.05) is 18.0 Å². The number of anilines is 2. The summed E-state index contributed by atoms with van der Waals surface area (Å²) in [6.45, 7) is 3.83. The van der Waals surface area contributed by atoms with Crippen LogP contribution in [0.25, 0.3) is 0 Å². The normalized spacial score (nSPS) is 13.4. The molecule has 3 rings (SSSR count). The van der Waals surface area contributed by atoms with Gasteiger partial charge in [-0.1, -0.05) is 42.6 Å². The minimum atomic E-state index is -0.986. The van der Waals surface area contributed by atoms with Crippen LogP contribution >= 0.6 is 23.2 Å². The summed E-state index contributed by atoms with van der Waals surface area (Å²) in [5, 5.41) is 14.4. The first-order chi connectivity index (χ1) is 13.9. The summed E-state index contributed by atoms with van der Waals surface area (Å²) in [7, 11) is 0. The lowest BCUT2D eigenvalue weighted by molar-refractivity contribution is -0.134. The molecule has 0 saturated carbocycles. The summed E-state index contributed by atoms with van der Waals surface area (Å²) >= 11 is 12.5. The first kappa shape index (κ1) is 21.1. The number of carbonyl (C=O) groups is 1. The SMILES string of the molecule is CCC1=C(CC)N(c2ccc(Oc3cc(Cl)ccc3NCC(=O)O)c(Cl)c2)NO1. The Morgan fingerprint density at radius 1 is 1.17 bits per heavy atom. The van der Waals surface area contributed by atoms with Crippen molar-refractivity contribution in [2.45, 2.75) is 26.7 Å². The summed E-state index contributed by atoms with van der Waals surface area (Å²) < 4.78 is 5.91. The van der Waals surface area contributed by atoms with Crippen LogP contribution in [0, 0.1) is 0 Å². The number of hydrazine groups is 1. The monoisotopic (exact) mass is 437 g/mol.